The van der Waals surface area contributed by atoms with Gasteiger partial charge in [-0.25, -0.2) is 0 Å². The summed E-state index contributed by atoms with van der Waals surface area (Å²) in [6.07, 6.45) is 4.62. The summed E-state index contributed by atoms with van der Waals surface area (Å²) in [5, 5.41) is 0. The van der Waals surface area contributed by atoms with Gasteiger partial charge in [0.25, 0.3) is 0 Å². The summed E-state index contributed by atoms with van der Waals surface area (Å²) in [4.78, 5) is 0. The van der Waals surface area contributed by atoms with Crippen LogP contribution in [0.1, 0.15) is 25.7 Å². The first-order chi connectivity index (χ1) is 5.76. The third-order valence-corrected chi connectivity index (χ3v) is 2.17. The van der Waals surface area contributed by atoms with Crippen molar-refractivity contribution >= 4 is 26.6 Å². The summed E-state index contributed by atoms with van der Waals surface area (Å²) in [5.74, 6) is 0.388. The van der Waals surface area contributed by atoms with Crippen molar-refractivity contribution in [1.82, 2.24) is 0 Å². The molecule has 2 atom stereocenters. The van der Waals surface area contributed by atoms with Gasteiger partial charge in [0, 0.05) is 0 Å². The Labute approximate surface area is 96.0 Å². The van der Waals surface area contributed by atoms with Gasteiger partial charge in [0.15, 0.2) is 0 Å². The Morgan fingerprint density at radius 1 is 1.25 bits per heavy atom. The average Bonchev–Trinajstić information content (AvgIpc) is 2.07. The van der Waals surface area contributed by atoms with Crippen molar-refractivity contribution in [3.05, 3.63) is 11.5 Å². The second-order valence-electron chi connectivity index (χ2n) is 2.90. The molecule has 1 saturated carbocycles. The van der Waals surface area contributed by atoms with Gasteiger partial charge >= 0.3 is 41.0 Å². The summed E-state index contributed by atoms with van der Waals surface area (Å²) in [5.41, 5.74) is 14.6. The monoisotopic (exact) mass is 479 g/mol. The largest absolute Gasteiger partial charge is 0.677 e. The fourth-order valence-electron chi connectivity index (χ4n) is 1.45. The number of hydrogen-bond donors (Lipinski definition) is 0. The molecule has 0 heterocycles. The summed E-state index contributed by atoms with van der Waals surface area (Å²) < 4.78 is 0. The zero-order chi connectivity index (χ0) is 9.40. The third-order valence-electron chi connectivity index (χ3n) is 2.17. The van der Waals surface area contributed by atoms with E-state index in [4.69, 9.17) is 11.5 Å². The molecule has 0 spiro atoms. The van der Waals surface area contributed by atoms with Crippen molar-refractivity contribution in [2.75, 3.05) is 6.54 Å². The van der Waals surface area contributed by atoms with Crippen molar-refractivity contribution < 1.29 is 14.5 Å². The van der Waals surface area contributed by atoms with Gasteiger partial charge in [0.1, 0.15) is 0 Å². The van der Waals surface area contributed by atoms with Crippen LogP contribution >= 0.6 is 26.6 Å². The van der Waals surface area contributed by atoms with Crippen molar-refractivity contribution in [3.63, 3.8) is 0 Å². The van der Waals surface area contributed by atoms with Crippen molar-refractivity contribution in [3.8, 4) is 0 Å². The molecule has 1 rings (SSSR count). The van der Waals surface area contributed by atoms with E-state index in [0.29, 0.717) is 12.5 Å². The molecule has 12 heavy (non-hydrogen) atoms. The average molecular weight is 481 g/mol. The molecule has 0 aromatic rings. The van der Waals surface area contributed by atoms with E-state index in [-0.39, 0.29) is 20.5 Å². The number of halogens is 2. The fraction of sp³-hybridized carbons (Fsp3) is 1.00. The Bertz CT molecular complexity index is 105. The molecule has 2 unspecified atom stereocenters. The molecule has 5 heteroatoms. The van der Waals surface area contributed by atoms with Gasteiger partial charge in [-0.15, -0.1) is 12.6 Å². The van der Waals surface area contributed by atoms with Gasteiger partial charge < -0.3 is 11.5 Å². The molecule has 2 N–H and O–H groups in total. The quantitative estimate of drug-likeness (QED) is 0.536. The van der Waals surface area contributed by atoms with Crippen LogP contribution in [0.4, 0.5) is 0 Å². The number of nitrogens with one attached hydrogen (secondary N) is 2. The van der Waals surface area contributed by atoms with Crippen LogP contribution in [0.2, 0.25) is 0 Å². The summed E-state index contributed by atoms with van der Waals surface area (Å²) in [6.45, 7) is 0.466. The van der Waals surface area contributed by atoms with E-state index in [1.54, 1.807) is 0 Å². The zero-order valence-corrected chi connectivity index (χ0v) is 12.2. The van der Waals surface area contributed by atoms with Crippen LogP contribution < -0.4 is 0 Å². The van der Waals surface area contributed by atoms with Crippen LogP contribution in [0.25, 0.3) is 11.5 Å². The molecule has 0 saturated heterocycles. The number of hydrogen-bond acceptors (Lipinski definition) is 0. The normalized spacial score (nSPS) is 29.3. The van der Waals surface area contributed by atoms with Crippen LogP contribution in [0.15, 0.2) is 0 Å². The van der Waals surface area contributed by atoms with Crippen LogP contribution in [-0.4, -0.2) is 12.6 Å². The topological polar surface area (TPSA) is 47.6 Å². The molecular weight excluding hydrogens is 467 g/mol. The van der Waals surface area contributed by atoms with E-state index in [9.17, 15) is 0 Å². The second-order valence-corrected chi connectivity index (χ2v) is 12.8. The van der Waals surface area contributed by atoms with E-state index in [0.717, 1.165) is 12.8 Å². The maximum Gasteiger partial charge on any atom is -0.0532 e. The maximum absolute atomic E-state index is 7.51. The minimum Gasteiger partial charge on any atom is -0.677 e. The Kier molecular flexibility index (Phi) is 10.3. The molecule has 1 aliphatic rings. The molecule has 0 aromatic heterocycles. The van der Waals surface area contributed by atoms with Crippen LogP contribution in [0, 0.1) is 5.92 Å². The van der Waals surface area contributed by atoms with Crippen molar-refractivity contribution in [2.45, 2.75) is 31.7 Å². The SMILES string of the molecule is [Br][Pt+2][Br].[NH-]CC1CCCCC1[NH-]. The van der Waals surface area contributed by atoms with Gasteiger partial charge in [0.2, 0.25) is 0 Å². The Balaban J connectivity index is 0.000000354. The minimum absolute atomic E-state index is 0.0799. The first-order valence-corrected chi connectivity index (χ1v) is 13.9. The van der Waals surface area contributed by atoms with Crippen LogP contribution in [0.3, 0.4) is 0 Å². The van der Waals surface area contributed by atoms with Crippen molar-refractivity contribution in [2.24, 2.45) is 5.92 Å². The molecule has 0 aliphatic heterocycles. The van der Waals surface area contributed by atoms with Gasteiger partial charge in [0.05, 0.1) is 0 Å². The summed E-state index contributed by atoms with van der Waals surface area (Å²) in [7, 11) is 0. The Hall–Kier alpha value is 1.57. The van der Waals surface area contributed by atoms with E-state index in [1.165, 1.54) is 12.8 Å². The molecular formula is C7H14Br2N2Pt. The van der Waals surface area contributed by atoms with E-state index < -0.39 is 0 Å². The predicted molar refractivity (Wildman–Crippen MR) is 57.1 cm³/mol. The molecule has 2 nitrogen and oxygen atoms in total. The van der Waals surface area contributed by atoms with E-state index in [1.807, 2.05) is 0 Å². The van der Waals surface area contributed by atoms with Gasteiger partial charge in [-0.2, -0.15) is 0 Å². The van der Waals surface area contributed by atoms with E-state index >= 15 is 0 Å². The molecule has 1 fully saturated rings. The standard InChI is InChI=1S/C7H14N2.2BrH.Pt/c8-5-6-3-1-2-4-7(6)9;;;/h6-9H,1-5H2;2*1H;/q-2;;;+4/p-2. The van der Waals surface area contributed by atoms with Crippen LogP contribution in [-0.2, 0) is 14.5 Å². The third kappa shape index (κ3) is 6.09. The number of rotatable bonds is 1. The first kappa shape index (κ1) is 13.6. The molecule has 0 bridgehead atoms. The molecule has 76 valence electrons. The second kappa shape index (κ2) is 9.14. The first-order valence-electron chi connectivity index (χ1n) is 3.94. The van der Waals surface area contributed by atoms with E-state index in [2.05, 4.69) is 26.6 Å². The van der Waals surface area contributed by atoms with Gasteiger partial charge in [-0.1, -0.05) is 31.6 Å². The maximum atomic E-state index is 7.51. The zero-order valence-electron chi connectivity index (χ0n) is 6.76. The van der Waals surface area contributed by atoms with Gasteiger partial charge in [-0.05, 0) is 0 Å². The summed E-state index contributed by atoms with van der Waals surface area (Å²) >= 11 is 6.56. The van der Waals surface area contributed by atoms with Crippen molar-refractivity contribution in [1.29, 1.82) is 0 Å². The fourth-order valence-corrected chi connectivity index (χ4v) is 1.45. The Morgan fingerprint density at radius 2 is 1.75 bits per heavy atom. The smallest absolute Gasteiger partial charge is 0.0532 e. The molecule has 0 radical (unpaired) electrons. The molecule has 0 aromatic carbocycles. The predicted octanol–water partition coefficient (Wildman–Crippen LogP) is 4.34. The minimum atomic E-state index is 0.0799. The molecule has 1 aliphatic carbocycles. The summed E-state index contributed by atoms with van der Waals surface area (Å²) in [6, 6.07) is 0.0799. The Morgan fingerprint density at radius 3 is 2.08 bits per heavy atom. The van der Waals surface area contributed by atoms with Gasteiger partial charge in [-0.3, -0.25) is 0 Å². The van der Waals surface area contributed by atoms with Crippen LogP contribution in [0.5, 0.6) is 0 Å². The molecule has 0 amide bonds.